The van der Waals surface area contributed by atoms with Gasteiger partial charge in [-0.25, -0.2) is 9.78 Å². The number of H-pyrrole nitrogens is 1. The van der Waals surface area contributed by atoms with Gasteiger partial charge in [0.05, 0.1) is 19.8 Å². The van der Waals surface area contributed by atoms with Crippen molar-refractivity contribution in [3.63, 3.8) is 0 Å². The van der Waals surface area contributed by atoms with E-state index in [0.717, 1.165) is 34.6 Å². The van der Waals surface area contributed by atoms with Gasteiger partial charge in [-0.2, -0.15) is 0 Å². The summed E-state index contributed by atoms with van der Waals surface area (Å²) in [7, 11) is 0. The quantitative estimate of drug-likeness (QED) is 0.545. The van der Waals surface area contributed by atoms with Crippen LogP contribution < -0.4 is 5.32 Å². The van der Waals surface area contributed by atoms with Crippen molar-refractivity contribution >= 4 is 34.1 Å². The molecule has 8 nitrogen and oxygen atoms in total. The third-order valence-corrected chi connectivity index (χ3v) is 5.78. The average molecular weight is 414 g/mol. The number of thiazole rings is 1. The number of nitrogens with one attached hydrogen (secondary N) is 2. The van der Waals surface area contributed by atoms with Crippen LogP contribution in [0.1, 0.15) is 21.1 Å². The van der Waals surface area contributed by atoms with Gasteiger partial charge in [-0.1, -0.05) is 18.2 Å². The van der Waals surface area contributed by atoms with Crippen molar-refractivity contribution in [2.45, 2.75) is 19.0 Å². The van der Waals surface area contributed by atoms with Crippen molar-refractivity contribution in [1.29, 1.82) is 0 Å². The molecule has 9 heteroatoms. The van der Waals surface area contributed by atoms with Gasteiger partial charge in [0.1, 0.15) is 16.7 Å². The monoisotopic (exact) mass is 414 g/mol. The fourth-order valence-electron chi connectivity index (χ4n) is 3.39. The fraction of sp³-hybridized carbons (Fsp3) is 0.350. The summed E-state index contributed by atoms with van der Waals surface area (Å²) in [6, 6.07) is 6.64. The van der Waals surface area contributed by atoms with Crippen LogP contribution in [0.3, 0.4) is 0 Å². The second kappa shape index (κ2) is 8.73. The Morgan fingerprint density at radius 1 is 1.31 bits per heavy atom. The van der Waals surface area contributed by atoms with E-state index in [4.69, 9.17) is 4.74 Å². The van der Waals surface area contributed by atoms with Gasteiger partial charge in [-0.15, -0.1) is 11.3 Å². The first-order chi connectivity index (χ1) is 14.1. The number of aromatic amines is 1. The number of hydrogen-bond donors (Lipinski definition) is 3. The van der Waals surface area contributed by atoms with E-state index in [1.807, 2.05) is 24.3 Å². The summed E-state index contributed by atoms with van der Waals surface area (Å²) in [4.78, 5) is 34.1. The SMILES string of the molecule is O=C(NC(Cc1c[nH]c2ccccc12)C(=O)O)c1csc(CN2CCOCC2)n1. The van der Waals surface area contributed by atoms with E-state index < -0.39 is 17.9 Å². The zero-order chi connectivity index (χ0) is 20.2. The maximum atomic E-state index is 12.6. The van der Waals surface area contributed by atoms with Crippen LogP contribution in [0, 0.1) is 0 Å². The molecule has 1 aliphatic heterocycles. The molecule has 152 valence electrons. The molecule has 3 aromatic rings. The number of amides is 1. The topological polar surface area (TPSA) is 108 Å². The molecule has 0 aliphatic carbocycles. The molecule has 1 amide bonds. The van der Waals surface area contributed by atoms with Gasteiger partial charge < -0.3 is 20.1 Å². The van der Waals surface area contributed by atoms with E-state index in [2.05, 4.69) is 20.2 Å². The molecular formula is C20H22N4O4S. The van der Waals surface area contributed by atoms with Crippen molar-refractivity contribution < 1.29 is 19.4 Å². The number of carbonyl (C=O) groups excluding carboxylic acids is 1. The Labute approximate surface area is 171 Å². The third-order valence-electron chi connectivity index (χ3n) is 4.95. The lowest BCUT2D eigenvalue weighted by Crippen LogP contribution is -2.42. The van der Waals surface area contributed by atoms with Crippen molar-refractivity contribution in [3.05, 3.63) is 52.1 Å². The van der Waals surface area contributed by atoms with Gasteiger partial charge in [0.2, 0.25) is 0 Å². The maximum absolute atomic E-state index is 12.6. The highest BCUT2D eigenvalue weighted by Crippen LogP contribution is 2.19. The molecule has 3 N–H and O–H groups in total. The van der Waals surface area contributed by atoms with Crippen LogP contribution in [0.15, 0.2) is 35.8 Å². The van der Waals surface area contributed by atoms with Crippen molar-refractivity contribution in [1.82, 2.24) is 20.2 Å². The van der Waals surface area contributed by atoms with E-state index in [0.29, 0.717) is 19.8 Å². The number of para-hydroxylation sites is 1. The summed E-state index contributed by atoms with van der Waals surface area (Å²) in [6.45, 7) is 3.75. The highest BCUT2D eigenvalue weighted by molar-refractivity contribution is 7.09. The molecule has 1 fully saturated rings. The van der Waals surface area contributed by atoms with Crippen molar-refractivity contribution in [2.24, 2.45) is 0 Å². The summed E-state index contributed by atoms with van der Waals surface area (Å²) in [5.41, 5.74) is 2.04. The summed E-state index contributed by atoms with van der Waals surface area (Å²) >= 11 is 1.41. The van der Waals surface area contributed by atoms with Gasteiger partial charge in [-0.3, -0.25) is 9.69 Å². The standard InChI is InChI=1S/C20H22N4O4S/c25-19(17-12-29-18(22-17)11-24-5-7-28-8-6-24)23-16(20(26)27)9-13-10-21-15-4-2-1-3-14(13)15/h1-4,10,12,16,21H,5-9,11H2,(H,23,25)(H,26,27). The molecule has 0 bridgehead atoms. The zero-order valence-electron chi connectivity index (χ0n) is 15.8. The highest BCUT2D eigenvalue weighted by Gasteiger charge is 2.24. The first kappa shape index (κ1) is 19.6. The van der Waals surface area contributed by atoms with E-state index in [1.165, 1.54) is 11.3 Å². The number of benzene rings is 1. The molecule has 3 heterocycles. The van der Waals surface area contributed by atoms with Gasteiger partial charge in [-0.05, 0) is 11.6 Å². The number of fused-ring (bicyclic) bond motifs is 1. The van der Waals surface area contributed by atoms with Crippen LogP contribution in [0.25, 0.3) is 10.9 Å². The number of aliphatic carboxylic acids is 1. The average Bonchev–Trinajstić information content (AvgIpc) is 3.35. The second-order valence-corrected chi connectivity index (χ2v) is 7.89. The lowest BCUT2D eigenvalue weighted by Gasteiger charge is -2.25. The van der Waals surface area contributed by atoms with E-state index in [-0.39, 0.29) is 12.1 Å². The molecule has 0 spiro atoms. The minimum absolute atomic E-state index is 0.190. The number of morpholine rings is 1. The van der Waals surface area contributed by atoms with Gasteiger partial charge >= 0.3 is 5.97 Å². The molecule has 1 aromatic carbocycles. The Morgan fingerprint density at radius 3 is 2.90 bits per heavy atom. The Hall–Kier alpha value is -2.75. The minimum atomic E-state index is -1.08. The van der Waals surface area contributed by atoms with Crippen LogP contribution in [0.4, 0.5) is 0 Å². The Morgan fingerprint density at radius 2 is 2.10 bits per heavy atom. The zero-order valence-corrected chi connectivity index (χ0v) is 16.6. The van der Waals surface area contributed by atoms with Gasteiger partial charge in [0, 0.05) is 42.0 Å². The molecule has 0 radical (unpaired) electrons. The molecule has 1 aliphatic rings. The van der Waals surface area contributed by atoms with Crippen molar-refractivity contribution in [2.75, 3.05) is 26.3 Å². The van der Waals surface area contributed by atoms with Gasteiger partial charge in [0.15, 0.2) is 0 Å². The lowest BCUT2D eigenvalue weighted by molar-refractivity contribution is -0.139. The van der Waals surface area contributed by atoms with E-state index in [9.17, 15) is 14.7 Å². The second-order valence-electron chi connectivity index (χ2n) is 6.94. The lowest BCUT2D eigenvalue weighted by atomic mass is 10.0. The predicted octanol–water partition coefficient (Wildman–Crippen LogP) is 1.88. The van der Waals surface area contributed by atoms with E-state index in [1.54, 1.807) is 11.6 Å². The van der Waals surface area contributed by atoms with Gasteiger partial charge in [0.25, 0.3) is 5.91 Å². The predicted molar refractivity (Wildman–Crippen MR) is 109 cm³/mol. The van der Waals surface area contributed by atoms with Crippen LogP contribution in [-0.2, 0) is 22.5 Å². The van der Waals surface area contributed by atoms with Crippen LogP contribution >= 0.6 is 11.3 Å². The number of ether oxygens (including phenoxy) is 1. The number of rotatable bonds is 7. The summed E-state index contributed by atoms with van der Waals surface area (Å²) in [5, 5.41) is 15.7. The van der Waals surface area contributed by atoms with E-state index >= 15 is 0 Å². The summed E-state index contributed by atoms with van der Waals surface area (Å²) < 4.78 is 5.34. The number of carboxylic acid groups (broad SMARTS) is 1. The molecule has 1 unspecified atom stereocenters. The molecule has 1 saturated heterocycles. The van der Waals surface area contributed by atoms with Crippen molar-refractivity contribution in [3.8, 4) is 0 Å². The molecule has 1 atom stereocenters. The molecule has 4 rings (SSSR count). The Balaban J connectivity index is 1.42. The maximum Gasteiger partial charge on any atom is 0.326 e. The normalized spacial score (nSPS) is 16.0. The first-order valence-electron chi connectivity index (χ1n) is 9.43. The van der Waals surface area contributed by atoms with Crippen LogP contribution in [0.2, 0.25) is 0 Å². The smallest absolute Gasteiger partial charge is 0.326 e. The summed E-state index contributed by atoms with van der Waals surface area (Å²) in [6.07, 6.45) is 1.98. The Bertz CT molecular complexity index is 1010. The summed E-state index contributed by atoms with van der Waals surface area (Å²) in [5.74, 6) is -1.55. The number of carboxylic acids is 1. The first-order valence-corrected chi connectivity index (χ1v) is 10.3. The number of aromatic nitrogens is 2. The van der Waals surface area contributed by atoms with Crippen LogP contribution in [-0.4, -0.2) is 64.2 Å². The third kappa shape index (κ3) is 4.64. The van der Waals surface area contributed by atoms with Crippen LogP contribution in [0.5, 0.6) is 0 Å². The number of nitrogens with zero attached hydrogens (tertiary/aromatic N) is 2. The highest BCUT2D eigenvalue weighted by atomic mass is 32.1. The Kier molecular flexibility index (Phi) is 5.89. The molecule has 0 saturated carbocycles. The minimum Gasteiger partial charge on any atom is -0.480 e. The molecular weight excluding hydrogens is 392 g/mol. The molecule has 29 heavy (non-hydrogen) atoms. The number of hydrogen-bond acceptors (Lipinski definition) is 6. The molecule has 2 aromatic heterocycles. The fourth-order valence-corrected chi connectivity index (χ4v) is 4.21. The number of carbonyl (C=O) groups is 2. The largest absolute Gasteiger partial charge is 0.480 e.